The van der Waals surface area contributed by atoms with Gasteiger partial charge in [0.1, 0.15) is 18.3 Å². The van der Waals surface area contributed by atoms with E-state index in [2.05, 4.69) is 6.08 Å². The fraction of sp³-hybridized carbons (Fsp3) is 0.250. The van der Waals surface area contributed by atoms with Crippen LogP contribution in [0.4, 0.5) is 0 Å². The van der Waals surface area contributed by atoms with Crippen molar-refractivity contribution in [2.45, 2.75) is 19.3 Å². The highest BCUT2D eigenvalue weighted by Crippen LogP contribution is 2.27. The van der Waals surface area contributed by atoms with Crippen LogP contribution in [0.25, 0.3) is 0 Å². The topological polar surface area (TPSA) is 35.5 Å². The van der Waals surface area contributed by atoms with Crippen LogP contribution in [0.3, 0.4) is 0 Å². The van der Waals surface area contributed by atoms with E-state index in [1.165, 1.54) is 12.5 Å². The third kappa shape index (κ3) is 2.76. The molecule has 4 heteroatoms. The molecule has 0 bridgehead atoms. The summed E-state index contributed by atoms with van der Waals surface area (Å²) in [5.74, 6) is 1.09. The zero-order valence-electron chi connectivity index (χ0n) is 8.61. The summed E-state index contributed by atoms with van der Waals surface area (Å²) in [5.41, 5.74) is 1.06. The number of rotatable bonds is 3. The molecule has 0 N–H and O–H groups in total. The lowest BCUT2D eigenvalue weighted by Gasteiger charge is -2.18. The first-order valence-electron chi connectivity index (χ1n) is 5.02. The molecule has 1 aliphatic carbocycles. The van der Waals surface area contributed by atoms with E-state index in [0.717, 1.165) is 18.4 Å². The van der Waals surface area contributed by atoms with Crippen molar-refractivity contribution in [1.82, 2.24) is 0 Å². The fourth-order valence-electron chi connectivity index (χ4n) is 1.52. The minimum absolute atomic E-state index is 0.0437. The minimum Gasteiger partial charge on any atom is -0.465 e. The van der Waals surface area contributed by atoms with Crippen molar-refractivity contribution in [3.63, 3.8) is 0 Å². The molecule has 84 valence electrons. The highest BCUT2D eigenvalue weighted by Gasteiger charge is 2.16. The van der Waals surface area contributed by atoms with Crippen LogP contribution in [-0.4, -0.2) is 5.24 Å². The van der Waals surface area contributed by atoms with Crippen LogP contribution in [0.2, 0.25) is 0 Å². The molecule has 16 heavy (non-hydrogen) atoms. The Morgan fingerprint density at radius 1 is 1.44 bits per heavy atom. The molecule has 0 amide bonds. The monoisotopic (exact) mass is 238 g/mol. The summed E-state index contributed by atoms with van der Waals surface area (Å²) in [6.07, 6.45) is 10.9. The Hall–Kier alpha value is -1.48. The van der Waals surface area contributed by atoms with Gasteiger partial charge in [0.05, 0.1) is 6.42 Å². The molecule has 0 spiro atoms. The summed E-state index contributed by atoms with van der Waals surface area (Å²) >= 11 is 5.28. The predicted octanol–water partition coefficient (Wildman–Crippen LogP) is 3.15. The normalized spacial score (nSPS) is 18.9. The van der Waals surface area contributed by atoms with Crippen LogP contribution >= 0.6 is 11.6 Å². The largest absolute Gasteiger partial charge is 0.465 e. The Balaban J connectivity index is 2.03. The van der Waals surface area contributed by atoms with Crippen molar-refractivity contribution in [3.8, 4) is 0 Å². The van der Waals surface area contributed by atoms with Gasteiger partial charge in [-0.05, 0) is 30.0 Å². The Labute approximate surface area is 98.7 Å². The molecule has 0 radical (unpaired) electrons. The van der Waals surface area contributed by atoms with E-state index in [1.807, 2.05) is 12.2 Å². The second-order valence-corrected chi connectivity index (χ2v) is 3.92. The number of hydrogen-bond acceptors (Lipinski definition) is 3. The Kier molecular flexibility index (Phi) is 3.47. The maximum Gasteiger partial charge on any atom is 0.229 e. The third-order valence-electron chi connectivity index (χ3n) is 2.26. The smallest absolute Gasteiger partial charge is 0.229 e. The zero-order valence-corrected chi connectivity index (χ0v) is 9.37. The Bertz CT molecular complexity index is 416. The summed E-state index contributed by atoms with van der Waals surface area (Å²) in [4.78, 5) is 10.7. The van der Waals surface area contributed by atoms with Crippen LogP contribution in [0.1, 0.15) is 19.3 Å². The third-order valence-corrected chi connectivity index (χ3v) is 2.39. The molecule has 1 heterocycles. The molecule has 2 rings (SSSR count). The number of halogens is 1. The first kappa shape index (κ1) is 11.0. The van der Waals surface area contributed by atoms with Crippen molar-refractivity contribution in [2.24, 2.45) is 0 Å². The molecule has 3 nitrogen and oxygen atoms in total. The van der Waals surface area contributed by atoms with E-state index in [9.17, 15) is 4.79 Å². The van der Waals surface area contributed by atoms with E-state index in [-0.39, 0.29) is 6.42 Å². The van der Waals surface area contributed by atoms with Gasteiger partial charge in [-0.3, -0.25) is 4.79 Å². The molecule has 2 aliphatic rings. The number of ether oxygens (including phenoxy) is 2. The van der Waals surface area contributed by atoms with Gasteiger partial charge in [0.15, 0.2) is 5.76 Å². The molecule has 0 saturated heterocycles. The van der Waals surface area contributed by atoms with E-state index in [1.54, 1.807) is 0 Å². The second-order valence-electron chi connectivity index (χ2n) is 3.50. The SMILES string of the molecule is O=C(Cl)CC1=COC=C(C2=CC=CCC2)O1. The lowest BCUT2D eigenvalue weighted by Crippen LogP contribution is -2.05. The summed E-state index contributed by atoms with van der Waals surface area (Å²) in [6, 6.07) is 0. The zero-order chi connectivity index (χ0) is 11.4. The molecular weight excluding hydrogens is 228 g/mol. The molecule has 0 aromatic heterocycles. The van der Waals surface area contributed by atoms with Gasteiger partial charge >= 0.3 is 0 Å². The van der Waals surface area contributed by atoms with E-state index in [0.29, 0.717) is 11.5 Å². The average molecular weight is 239 g/mol. The van der Waals surface area contributed by atoms with Gasteiger partial charge in [0.2, 0.25) is 5.24 Å². The molecule has 1 aliphatic heterocycles. The fourth-order valence-corrected chi connectivity index (χ4v) is 1.66. The molecule has 0 aromatic rings. The highest BCUT2D eigenvalue weighted by molar-refractivity contribution is 6.63. The van der Waals surface area contributed by atoms with Gasteiger partial charge in [-0.2, -0.15) is 0 Å². The van der Waals surface area contributed by atoms with E-state index >= 15 is 0 Å². The van der Waals surface area contributed by atoms with Gasteiger partial charge < -0.3 is 9.47 Å². The van der Waals surface area contributed by atoms with E-state index in [4.69, 9.17) is 21.1 Å². The van der Waals surface area contributed by atoms with Gasteiger partial charge in [-0.15, -0.1) is 0 Å². The first-order valence-corrected chi connectivity index (χ1v) is 5.40. The van der Waals surface area contributed by atoms with Gasteiger partial charge in [0.25, 0.3) is 0 Å². The lowest BCUT2D eigenvalue weighted by molar-refractivity contribution is -0.111. The molecule has 0 unspecified atom stereocenters. The van der Waals surface area contributed by atoms with Crippen LogP contribution in [0.5, 0.6) is 0 Å². The number of carbonyl (C=O) groups is 1. The Morgan fingerprint density at radius 2 is 2.31 bits per heavy atom. The highest BCUT2D eigenvalue weighted by atomic mass is 35.5. The van der Waals surface area contributed by atoms with Crippen molar-refractivity contribution in [3.05, 3.63) is 47.8 Å². The maximum atomic E-state index is 10.7. The van der Waals surface area contributed by atoms with Crippen molar-refractivity contribution in [1.29, 1.82) is 0 Å². The molecular formula is C12H11ClO3. The van der Waals surface area contributed by atoms with Crippen LogP contribution < -0.4 is 0 Å². The molecule has 0 atom stereocenters. The van der Waals surface area contributed by atoms with Gasteiger partial charge in [-0.25, -0.2) is 0 Å². The standard InChI is InChI=1S/C12H11ClO3/c13-12(14)6-10-7-15-8-11(16-10)9-4-2-1-3-5-9/h1-2,4,7-8H,3,5-6H2. The minimum atomic E-state index is -0.464. The van der Waals surface area contributed by atoms with Crippen LogP contribution in [-0.2, 0) is 14.3 Å². The number of allylic oxidation sites excluding steroid dienone is 5. The summed E-state index contributed by atoms with van der Waals surface area (Å²) in [5, 5.41) is -0.464. The van der Waals surface area contributed by atoms with Crippen molar-refractivity contribution >= 4 is 16.8 Å². The quantitative estimate of drug-likeness (QED) is 0.709. The van der Waals surface area contributed by atoms with Gasteiger partial charge in [-0.1, -0.05) is 18.2 Å². The molecule has 0 fully saturated rings. The number of hydrogen-bond donors (Lipinski definition) is 0. The second kappa shape index (κ2) is 5.03. The summed E-state index contributed by atoms with van der Waals surface area (Å²) in [7, 11) is 0. The van der Waals surface area contributed by atoms with Gasteiger partial charge in [0, 0.05) is 0 Å². The van der Waals surface area contributed by atoms with Crippen molar-refractivity contribution in [2.75, 3.05) is 0 Å². The molecule has 0 saturated carbocycles. The average Bonchev–Trinajstić information content (AvgIpc) is 2.30. The summed E-state index contributed by atoms with van der Waals surface area (Å²) in [6.45, 7) is 0. The predicted molar refractivity (Wildman–Crippen MR) is 60.3 cm³/mol. The van der Waals surface area contributed by atoms with Crippen LogP contribution in [0, 0.1) is 0 Å². The molecule has 0 aromatic carbocycles. The van der Waals surface area contributed by atoms with E-state index < -0.39 is 5.24 Å². The first-order chi connectivity index (χ1) is 7.75. The Morgan fingerprint density at radius 3 is 3.00 bits per heavy atom. The maximum absolute atomic E-state index is 10.7. The number of carbonyl (C=O) groups excluding carboxylic acids is 1. The summed E-state index contributed by atoms with van der Waals surface area (Å²) < 4.78 is 10.7. The van der Waals surface area contributed by atoms with Crippen molar-refractivity contribution < 1.29 is 14.3 Å². The van der Waals surface area contributed by atoms with Crippen LogP contribution in [0.15, 0.2) is 47.8 Å². The lowest BCUT2D eigenvalue weighted by atomic mass is 10.0.